The second-order valence-electron chi connectivity index (χ2n) is 4.89. The van der Waals surface area contributed by atoms with E-state index in [4.69, 9.17) is 16.3 Å². The van der Waals surface area contributed by atoms with Gasteiger partial charge >= 0.3 is 5.97 Å². The van der Waals surface area contributed by atoms with Crippen LogP contribution in [0.5, 0.6) is 0 Å². The molecule has 0 spiro atoms. The lowest BCUT2D eigenvalue weighted by atomic mass is 10.2. The Labute approximate surface area is 111 Å². The molecule has 0 amide bonds. The molecule has 0 fully saturated rings. The number of hydrogen-bond acceptors (Lipinski definition) is 3. The van der Waals surface area contributed by atoms with Gasteiger partial charge in [0.15, 0.2) is 0 Å². The number of rotatable bonds is 4. The van der Waals surface area contributed by atoms with Gasteiger partial charge in [0.1, 0.15) is 11.4 Å². The first-order valence-corrected chi connectivity index (χ1v) is 6.06. The first-order chi connectivity index (χ1) is 8.28. The summed E-state index contributed by atoms with van der Waals surface area (Å²) in [4.78, 5) is 11.4. The van der Waals surface area contributed by atoms with Gasteiger partial charge in [-0.2, -0.15) is 0 Å². The van der Waals surface area contributed by atoms with Gasteiger partial charge in [-0.05, 0) is 39.0 Å². The lowest BCUT2D eigenvalue weighted by molar-refractivity contribution is -0.154. The van der Waals surface area contributed by atoms with Gasteiger partial charge in [0, 0.05) is 6.54 Å². The van der Waals surface area contributed by atoms with Crippen LogP contribution in [0.2, 0.25) is 5.02 Å². The molecule has 0 radical (unpaired) electrons. The third kappa shape index (κ3) is 5.36. The molecule has 1 aromatic carbocycles. The number of carbonyl (C=O) groups excluding carboxylic acids is 1. The second kappa shape index (κ2) is 6.05. The minimum Gasteiger partial charge on any atom is -0.460 e. The average molecular weight is 274 g/mol. The first-order valence-electron chi connectivity index (χ1n) is 5.69. The fourth-order valence-corrected chi connectivity index (χ4v) is 1.51. The van der Waals surface area contributed by atoms with Crippen LogP contribution in [0, 0.1) is 5.82 Å². The smallest absolute Gasteiger partial charge is 0.308 e. The number of benzene rings is 1. The van der Waals surface area contributed by atoms with Crippen LogP contribution >= 0.6 is 11.6 Å². The number of nitrogens with one attached hydrogen (secondary N) is 1. The number of ether oxygens (including phenoxy) is 1. The van der Waals surface area contributed by atoms with Crippen molar-refractivity contribution in [3.63, 3.8) is 0 Å². The molecule has 18 heavy (non-hydrogen) atoms. The van der Waals surface area contributed by atoms with Gasteiger partial charge in [0.25, 0.3) is 0 Å². The van der Waals surface area contributed by atoms with Crippen molar-refractivity contribution in [1.29, 1.82) is 0 Å². The van der Waals surface area contributed by atoms with Crippen molar-refractivity contribution in [2.24, 2.45) is 0 Å². The molecule has 1 N–H and O–H groups in total. The summed E-state index contributed by atoms with van der Waals surface area (Å²) in [7, 11) is 0. The van der Waals surface area contributed by atoms with Crippen molar-refractivity contribution in [3.8, 4) is 0 Å². The van der Waals surface area contributed by atoms with Crippen molar-refractivity contribution < 1.29 is 13.9 Å². The Bertz CT molecular complexity index is 429. The Balaban J connectivity index is 2.42. The molecule has 0 bridgehead atoms. The van der Waals surface area contributed by atoms with Crippen LogP contribution < -0.4 is 5.32 Å². The maximum absolute atomic E-state index is 13.0. The summed E-state index contributed by atoms with van der Waals surface area (Å²) in [5.41, 5.74) is -0.0200. The molecule has 0 aromatic heterocycles. The average Bonchev–Trinajstić information content (AvgIpc) is 2.20. The topological polar surface area (TPSA) is 38.3 Å². The monoisotopic (exact) mass is 273 g/mol. The molecule has 0 aliphatic rings. The molecule has 0 atom stereocenters. The molecule has 0 saturated heterocycles. The molecular weight excluding hydrogens is 257 g/mol. The van der Waals surface area contributed by atoms with E-state index in [1.54, 1.807) is 0 Å². The molecule has 0 unspecified atom stereocenters. The van der Waals surface area contributed by atoms with Crippen LogP contribution in [0.4, 0.5) is 10.1 Å². The molecule has 1 aromatic rings. The number of anilines is 1. The highest BCUT2D eigenvalue weighted by molar-refractivity contribution is 6.33. The highest BCUT2D eigenvalue weighted by atomic mass is 35.5. The molecule has 100 valence electrons. The molecule has 3 nitrogen and oxygen atoms in total. The predicted molar refractivity (Wildman–Crippen MR) is 70.4 cm³/mol. The van der Waals surface area contributed by atoms with E-state index in [2.05, 4.69) is 5.32 Å². The summed E-state index contributed by atoms with van der Waals surface area (Å²) in [6.07, 6.45) is 0.199. The van der Waals surface area contributed by atoms with Gasteiger partial charge in [-0.15, -0.1) is 0 Å². The standard InChI is InChI=1S/C13H17ClFNO2/c1-13(2,3)18-12(17)6-7-16-11-8-9(15)4-5-10(11)14/h4-5,8,16H,6-7H2,1-3H3. The molecule has 0 aliphatic heterocycles. The van der Waals surface area contributed by atoms with Crippen LogP contribution in [0.25, 0.3) is 0 Å². The lowest BCUT2D eigenvalue weighted by Gasteiger charge is -2.19. The van der Waals surface area contributed by atoms with Crippen LogP contribution in [-0.2, 0) is 9.53 Å². The maximum atomic E-state index is 13.0. The van der Waals surface area contributed by atoms with Gasteiger partial charge < -0.3 is 10.1 Å². The van der Waals surface area contributed by atoms with E-state index >= 15 is 0 Å². The van der Waals surface area contributed by atoms with Crippen molar-refractivity contribution in [2.45, 2.75) is 32.8 Å². The van der Waals surface area contributed by atoms with E-state index in [1.165, 1.54) is 18.2 Å². The molecule has 0 heterocycles. The van der Waals surface area contributed by atoms with Crippen molar-refractivity contribution in [3.05, 3.63) is 29.0 Å². The van der Waals surface area contributed by atoms with Crippen LogP contribution in [0.1, 0.15) is 27.2 Å². The van der Waals surface area contributed by atoms with Gasteiger partial charge in [0.05, 0.1) is 17.1 Å². The Hall–Kier alpha value is -1.29. The normalized spacial score (nSPS) is 11.2. The van der Waals surface area contributed by atoms with Crippen molar-refractivity contribution >= 4 is 23.3 Å². The van der Waals surface area contributed by atoms with E-state index in [1.807, 2.05) is 20.8 Å². The SMILES string of the molecule is CC(C)(C)OC(=O)CCNc1cc(F)ccc1Cl. The van der Waals surface area contributed by atoms with E-state index in [0.29, 0.717) is 17.3 Å². The fourth-order valence-electron chi connectivity index (χ4n) is 1.32. The summed E-state index contributed by atoms with van der Waals surface area (Å²) >= 11 is 5.87. The zero-order valence-corrected chi connectivity index (χ0v) is 11.5. The zero-order valence-electron chi connectivity index (χ0n) is 10.7. The van der Waals surface area contributed by atoms with E-state index < -0.39 is 5.60 Å². The van der Waals surface area contributed by atoms with Gasteiger partial charge in [-0.25, -0.2) is 4.39 Å². The van der Waals surface area contributed by atoms with Gasteiger partial charge in [-0.3, -0.25) is 4.79 Å². The molecule has 1 rings (SSSR count). The summed E-state index contributed by atoms with van der Waals surface area (Å²) in [5, 5.41) is 3.31. The van der Waals surface area contributed by atoms with E-state index in [9.17, 15) is 9.18 Å². The Morgan fingerprint density at radius 3 is 2.72 bits per heavy atom. The number of hydrogen-bond donors (Lipinski definition) is 1. The summed E-state index contributed by atoms with van der Waals surface area (Å²) in [5.74, 6) is -0.679. The van der Waals surface area contributed by atoms with Crippen LogP contribution in [0.15, 0.2) is 18.2 Å². The Morgan fingerprint density at radius 2 is 2.11 bits per heavy atom. The summed E-state index contributed by atoms with van der Waals surface area (Å²) < 4.78 is 18.1. The molecule has 0 saturated carbocycles. The number of esters is 1. The third-order valence-electron chi connectivity index (χ3n) is 1.99. The lowest BCUT2D eigenvalue weighted by Crippen LogP contribution is -2.25. The Morgan fingerprint density at radius 1 is 1.44 bits per heavy atom. The largest absolute Gasteiger partial charge is 0.460 e. The molecule has 0 aliphatic carbocycles. The maximum Gasteiger partial charge on any atom is 0.308 e. The van der Waals surface area contributed by atoms with Crippen LogP contribution in [-0.4, -0.2) is 18.1 Å². The van der Waals surface area contributed by atoms with Gasteiger partial charge in [-0.1, -0.05) is 11.6 Å². The van der Waals surface area contributed by atoms with Crippen LogP contribution in [0.3, 0.4) is 0 Å². The van der Waals surface area contributed by atoms with Crippen molar-refractivity contribution in [1.82, 2.24) is 0 Å². The second-order valence-corrected chi connectivity index (χ2v) is 5.29. The van der Waals surface area contributed by atoms with E-state index in [0.717, 1.165) is 0 Å². The fraction of sp³-hybridized carbons (Fsp3) is 0.462. The number of carbonyl (C=O) groups is 1. The highest BCUT2D eigenvalue weighted by Crippen LogP contribution is 2.22. The Kier molecular flexibility index (Phi) is 4.96. The van der Waals surface area contributed by atoms with E-state index in [-0.39, 0.29) is 18.2 Å². The predicted octanol–water partition coefficient (Wildman–Crippen LogP) is 3.62. The summed E-state index contributed by atoms with van der Waals surface area (Å²) in [6, 6.07) is 4.03. The minimum absolute atomic E-state index is 0.199. The quantitative estimate of drug-likeness (QED) is 0.852. The van der Waals surface area contributed by atoms with Crippen molar-refractivity contribution in [2.75, 3.05) is 11.9 Å². The summed E-state index contributed by atoms with van der Waals surface area (Å²) in [6.45, 7) is 5.77. The highest BCUT2D eigenvalue weighted by Gasteiger charge is 2.15. The molecule has 5 heteroatoms. The first kappa shape index (κ1) is 14.8. The zero-order chi connectivity index (χ0) is 13.8. The number of halogens is 2. The third-order valence-corrected chi connectivity index (χ3v) is 2.32. The minimum atomic E-state index is -0.492. The molecular formula is C13H17ClFNO2. The van der Waals surface area contributed by atoms with Gasteiger partial charge in [0.2, 0.25) is 0 Å².